The number of ether oxygens (including phenoxy) is 2. The van der Waals surface area contributed by atoms with E-state index < -0.39 is 0 Å². The SMILES string of the molecule is O=C(Nc1cccc(Cl)c1)Nc1cccc(-c2nc3cc4c(cc3[nH]2)OCCO4)c1. The predicted molar refractivity (Wildman–Crippen MR) is 117 cm³/mol. The van der Waals surface area contributed by atoms with E-state index >= 15 is 0 Å². The Kier molecular flexibility index (Phi) is 4.65. The zero-order chi connectivity index (χ0) is 20.5. The first-order valence-corrected chi connectivity index (χ1v) is 9.75. The lowest BCUT2D eigenvalue weighted by Gasteiger charge is -2.17. The summed E-state index contributed by atoms with van der Waals surface area (Å²) in [4.78, 5) is 20.3. The fourth-order valence-electron chi connectivity index (χ4n) is 3.29. The van der Waals surface area contributed by atoms with Crippen LogP contribution in [0.3, 0.4) is 0 Å². The van der Waals surface area contributed by atoms with E-state index in [1.165, 1.54) is 0 Å². The molecular weight excluding hydrogens is 404 g/mol. The van der Waals surface area contributed by atoms with Crippen molar-refractivity contribution in [2.45, 2.75) is 0 Å². The third-order valence-electron chi connectivity index (χ3n) is 4.62. The zero-order valence-corrected chi connectivity index (χ0v) is 16.5. The molecule has 8 heteroatoms. The number of anilines is 2. The molecule has 0 saturated heterocycles. The minimum atomic E-state index is -0.360. The van der Waals surface area contributed by atoms with Gasteiger partial charge in [-0.1, -0.05) is 29.8 Å². The van der Waals surface area contributed by atoms with Crippen LogP contribution in [0.15, 0.2) is 60.7 Å². The van der Waals surface area contributed by atoms with Gasteiger partial charge in [0.25, 0.3) is 0 Å². The molecule has 5 rings (SSSR count). The monoisotopic (exact) mass is 420 g/mol. The number of rotatable bonds is 3. The minimum Gasteiger partial charge on any atom is -0.486 e. The Balaban J connectivity index is 1.37. The van der Waals surface area contributed by atoms with E-state index in [0.717, 1.165) is 16.6 Å². The average molecular weight is 421 g/mol. The van der Waals surface area contributed by atoms with Crippen molar-refractivity contribution in [1.82, 2.24) is 9.97 Å². The lowest BCUT2D eigenvalue weighted by atomic mass is 10.2. The number of benzene rings is 3. The highest BCUT2D eigenvalue weighted by molar-refractivity contribution is 6.30. The summed E-state index contributed by atoms with van der Waals surface area (Å²) in [5, 5.41) is 6.13. The molecule has 0 aliphatic carbocycles. The third-order valence-corrected chi connectivity index (χ3v) is 4.86. The molecule has 0 saturated carbocycles. The number of fused-ring (bicyclic) bond motifs is 2. The molecule has 0 atom stereocenters. The molecule has 7 nitrogen and oxygen atoms in total. The number of nitrogens with zero attached hydrogens (tertiary/aromatic N) is 1. The quantitative estimate of drug-likeness (QED) is 0.419. The Labute approximate surface area is 177 Å². The van der Waals surface area contributed by atoms with Crippen LogP contribution in [0.25, 0.3) is 22.4 Å². The number of carbonyl (C=O) groups is 1. The number of hydrogen-bond acceptors (Lipinski definition) is 4. The third kappa shape index (κ3) is 3.75. The van der Waals surface area contributed by atoms with Crippen LogP contribution in [-0.4, -0.2) is 29.2 Å². The molecule has 1 aliphatic rings. The molecular formula is C22H17ClN4O3. The van der Waals surface area contributed by atoms with E-state index in [9.17, 15) is 4.79 Å². The first kappa shape index (κ1) is 18.3. The zero-order valence-electron chi connectivity index (χ0n) is 15.7. The molecule has 2 heterocycles. The molecule has 2 amide bonds. The summed E-state index contributed by atoms with van der Waals surface area (Å²) in [6.45, 7) is 1.06. The highest BCUT2D eigenvalue weighted by atomic mass is 35.5. The van der Waals surface area contributed by atoms with Crippen LogP contribution >= 0.6 is 11.6 Å². The minimum absolute atomic E-state index is 0.360. The molecule has 0 spiro atoms. The van der Waals surface area contributed by atoms with E-state index in [1.807, 2.05) is 36.4 Å². The molecule has 30 heavy (non-hydrogen) atoms. The summed E-state index contributed by atoms with van der Waals surface area (Å²) in [5.74, 6) is 2.09. The highest BCUT2D eigenvalue weighted by Crippen LogP contribution is 2.35. The maximum Gasteiger partial charge on any atom is 0.323 e. The Hall–Kier alpha value is -3.71. The van der Waals surface area contributed by atoms with Gasteiger partial charge in [-0.3, -0.25) is 0 Å². The van der Waals surface area contributed by atoms with Crippen molar-refractivity contribution in [1.29, 1.82) is 0 Å². The number of urea groups is 1. The molecule has 1 aliphatic heterocycles. The molecule has 1 aromatic heterocycles. The summed E-state index contributed by atoms with van der Waals surface area (Å²) in [6, 6.07) is 17.8. The molecule has 4 aromatic rings. The Morgan fingerprint density at radius 2 is 1.63 bits per heavy atom. The van der Waals surface area contributed by atoms with Crippen molar-refractivity contribution in [3.8, 4) is 22.9 Å². The van der Waals surface area contributed by atoms with Crippen LogP contribution in [0.1, 0.15) is 0 Å². The second-order valence-electron chi connectivity index (χ2n) is 6.77. The van der Waals surface area contributed by atoms with Gasteiger partial charge in [0.1, 0.15) is 19.0 Å². The second-order valence-corrected chi connectivity index (χ2v) is 7.21. The van der Waals surface area contributed by atoms with Crippen molar-refractivity contribution in [2.75, 3.05) is 23.8 Å². The van der Waals surface area contributed by atoms with Gasteiger partial charge in [0.2, 0.25) is 0 Å². The Morgan fingerprint density at radius 1 is 0.933 bits per heavy atom. The van der Waals surface area contributed by atoms with E-state index in [1.54, 1.807) is 24.3 Å². The van der Waals surface area contributed by atoms with Crippen molar-refractivity contribution < 1.29 is 14.3 Å². The van der Waals surface area contributed by atoms with E-state index in [0.29, 0.717) is 46.9 Å². The predicted octanol–water partition coefficient (Wildman–Crippen LogP) is 5.30. The Bertz CT molecular complexity index is 1210. The second kappa shape index (κ2) is 7.61. The van der Waals surface area contributed by atoms with Crippen LogP contribution in [0.2, 0.25) is 5.02 Å². The standard InChI is InChI=1S/C22H17ClN4O3/c23-14-4-2-6-16(10-14)25-22(28)24-15-5-1-3-13(9-15)21-26-17-11-19-20(12-18(17)27-21)30-8-7-29-19/h1-6,9-12H,7-8H2,(H,26,27)(H2,24,25,28). The number of halogens is 1. The number of H-pyrrole nitrogens is 1. The first-order valence-electron chi connectivity index (χ1n) is 9.37. The number of nitrogens with one attached hydrogen (secondary N) is 3. The molecule has 0 fully saturated rings. The number of amides is 2. The van der Waals surface area contributed by atoms with Crippen molar-refractivity contribution >= 4 is 40.0 Å². The topological polar surface area (TPSA) is 88.3 Å². The largest absolute Gasteiger partial charge is 0.486 e. The lowest BCUT2D eigenvalue weighted by molar-refractivity contribution is 0.172. The van der Waals surface area contributed by atoms with Gasteiger partial charge >= 0.3 is 6.03 Å². The summed E-state index contributed by atoms with van der Waals surface area (Å²) >= 11 is 5.95. The summed E-state index contributed by atoms with van der Waals surface area (Å²) in [6.07, 6.45) is 0. The number of carbonyl (C=O) groups excluding carboxylic acids is 1. The summed E-state index contributed by atoms with van der Waals surface area (Å²) < 4.78 is 11.3. The van der Waals surface area contributed by atoms with Gasteiger partial charge in [-0.2, -0.15) is 0 Å². The van der Waals surface area contributed by atoms with Gasteiger partial charge in [0, 0.05) is 34.1 Å². The first-order chi connectivity index (χ1) is 14.6. The van der Waals surface area contributed by atoms with Crippen LogP contribution < -0.4 is 20.1 Å². The molecule has 0 bridgehead atoms. The number of hydrogen-bond donors (Lipinski definition) is 3. The molecule has 150 valence electrons. The molecule has 0 unspecified atom stereocenters. The molecule has 3 N–H and O–H groups in total. The smallest absolute Gasteiger partial charge is 0.323 e. The highest BCUT2D eigenvalue weighted by Gasteiger charge is 2.15. The molecule has 0 radical (unpaired) electrons. The number of imidazole rings is 1. The van der Waals surface area contributed by atoms with Crippen LogP contribution in [0, 0.1) is 0 Å². The van der Waals surface area contributed by atoms with E-state index in [4.69, 9.17) is 21.1 Å². The van der Waals surface area contributed by atoms with Gasteiger partial charge in [-0.25, -0.2) is 9.78 Å². The van der Waals surface area contributed by atoms with Gasteiger partial charge in [-0.05, 0) is 30.3 Å². The van der Waals surface area contributed by atoms with Crippen LogP contribution in [0.4, 0.5) is 16.2 Å². The lowest BCUT2D eigenvalue weighted by Crippen LogP contribution is -2.19. The van der Waals surface area contributed by atoms with Gasteiger partial charge in [0.15, 0.2) is 11.5 Å². The average Bonchev–Trinajstić information content (AvgIpc) is 3.15. The molecule has 3 aromatic carbocycles. The van der Waals surface area contributed by atoms with Crippen molar-refractivity contribution in [2.24, 2.45) is 0 Å². The fraction of sp³-hybridized carbons (Fsp3) is 0.0909. The van der Waals surface area contributed by atoms with Gasteiger partial charge < -0.3 is 25.1 Å². The van der Waals surface area contributed by atoms with E-state index in [-0.39, 0.29) is 6.03 Å². The summed E-state index contributed by atoms with van der Waals surface area (Å²) in [5.41, 5.74) is 3.73. The van der Waals surface area contributed by atoms with Crippen LogP contribution in [0.5, 0.6) is 11.5 Å². The Morgan fingerprint density at radius 3 is 2.40 bits per heavy atom. The van der Waals surface area contributed by atoms with Crippen LogP contribution in [-0.2, 0) is 0 Å². The van der Waals surface area contributed by atoms with Gasteiger partial charge in [0.05, 0.1) is 11.0 Å². The number of aromatic amines is 1. The fourth-order valence-corrected chi connectivity index (χ4v) is 3.48. The van der Waals surface area contributed by atoms with E-state index in [2.05, 4.69) is 20.6 Å². The summed E-state index contributed by atoms with van der Waals surface area (Å²) in [7, 11) is 0. The normalized spacial score (nSPS) is 12.6. The maximum absolute atomic E-state index is 12.3. The van der Waals surface area contributed by atoms with Gasteiger partial charge in [-0.15, -0.1) is 0 Å². The van der Waals surface area contributed by atoms with Crippen molar-refractivity contribution in [3.05, 3.63) is 65.7 Å². The maximum atomic E-state index is 12.3. The number of aromatic nitrogens is 2. The van der Waals surface area contributed by atoms with Crippen molar-refractivity contribution in [3.63, 3.8) is 0 Å².